The maximum absolute atomic E-state index is 13.4. The topological polar surface area (TPSA) is 90.2 Å². The third-order valence-corrected chi connectivity index (χ3v) is 6.51. The van der Waals surface area contributed by atoms with Gasteiger partial charge in [0.2, 0.25) is 5.91 Å². The summed E-state index contributed by atoms with van der Waals surface area (Å²) in [7, 11) is 1.58. The SMILES string of the molecule is CCCCN1C(=O)CCC(C(=O)OCc2cc(=O)n3c(C)cccc3n2)C1c1ccccc1OC. The summed E-state index contributed by atoms with van der Waals surface area (Å²) in [6.45, 7) is 4.35. The molecule has 8 heteroatoms. The minimum Gasteiger partial charge on any atom is -0.496 e. The summed E-state index contributed by atoms with van der Waals surface area (Å²) in [6, 6.07) is 13.8. The predicted molar refractivity (Wildman–Crippen MR) is 131 cm³/mol. The van der Waals surface area contributed by atoms with Crippen molar-refractivity contribution in [2.45, 2.75) is 52.2 Å². The van der Waals surface area contributed by atoms with E-state index in [0.29, 0.717) is 30.1 Å². The van der Waals surface area contributed by atoms with Gasteiger partial charge in [0.05, 0.1) is 24.8 Å². The number of hydrogen-bond donors (Lipinski definition) is 0. The van der Waals surface area contributed by atoms with Gasteiger partial charge in [-0.2, -0.15) is 0 Å². The van der Waals surface area contributed by atoms with Gasteiger partial charge in [-0.25, -0.2) is 4.98 Å². The molecule has 1 amide bonds. The predicted octanol–water partition coefficient (Wildman–Crippen LogP) is 3.83. The number of esters is 1. The van der Waals surface area contributed by atoms with Gasteiger partial charge in [0.15, 0.2) is 0 Å². The molecule has 1 saturated heterocycles. The number of likely N-dealkylation sites (tertiary alicyclic amines) is 1. The number of pyridine rings is 1. The number of rotatable bonds is 8. The van der Waals surface area contributed by atoms with Crippen LogP contribution in [0.4, 0.5) is 0 Å². The van der Waals surface area contributed by atoms with Gasteiger partial charge in [0, 0.05) is 30.3 Å². The number of aromatic nitrogens is 2. The molecule has 0 spiro atoms. The van der Waals surface area contributed by atoms with E-state index in [2.05, 4.69) is 11.9 Å². The molecule has 4 rings (SSSR count). The van der Waals surface area contributed by atoms with E-state index in [1.54, 1.807) is 18.1 Å². The molecule has 2 aromatic heterocycles. The molecule has 0 saturated carbocycles. The van der Waals surface area contributed by atoms with Crippen LogP contribution in [-0.4, -0.2) is 39.8 Å². The number of aryl methyl sites for hydroxylation is 1. The average Bonchev–Trinajstić information content (AvgIpc) is 2.86. The summed E-state index contributed by atoms with van der Waals surface area (Å²) in [5.74, 6) is -0.310. The highest BCUT2D eigenvalue weighted by molar-refractivity contribution is 5.82. The minimum atomic E-state index is -0.551. The second-order valence-electron chi connectivity index (χ2n) is 8.83. The molecule has 3 aromatic rings. The smallest absolute Gasteiger partial charge is 0.311 e. The van der Waals surface area contributed by atoms with Crippen LogP contribution in [0.1, 0.15) is 55.6 Å². The molecular formula is C27H31N3O5. The molecule has 0 aliphatic carbocycles. The zero-order valence-corrected chi connectivity index (χ0v) is 20.4. The Bertz CT molecular complexity index is 1290. The molecule has 0 radical (unpaired) electrons. The maximum Gasteiger partial charge on any atom is 0.311 e. The number of unbranched alkanes of at least 4 members (excludes halogenated alkanes) is 1. The first-order valence-electron chi connectivity index (χ1n) is 12.0. The molecule has 1 fully saturated rings. The zero-order chi connectivity index (χ0) is 24.9. The quantitative estimate of drug-likeness (QED) is 0.458. The summed E-state index contributed by atoms with van der Waals surface area (Å²) in [5, 5.41) is 0. The molecule has 1 aliphatic heterocycles. The summed E-state index contributed by atoms with van der Waals surface area (Å²) in [5.41, 5.74) is 2.24. The molecule has 184 valence electrons. The van der Waals surface area contributed by atoms with Crippen LogP contribution in [0.2, 0.25) is 0 Å². The highest BCUT2D eigenvalue weighted by atomic mass is 16.5. The molecule has 3 heterocycles. The number of hydrogen-bond acceptors (Lipinski definition) is 6. The van der Waals surface area contributed by atoms with Gasteiger partial charge < -0.3 is 14.4 Å². The van der Waals surface area contributed by atoms with Crippen molar-refractivity contribution in [3.63, 3.8) is 0 Å². The Morgan fingerprint density at radius 2 is 1.94 bits per heavy atom. The largest absolute Gasteiger partial charge is 0.496 e. The zero-order valence-electron chi connectivity index (χ0n) is 20.4. The van der Waals surface area contributed by atoms with Crippen molar-refractivity contribution in [2.75, 3.05) is 13.7 Å². The summed E-state index contributed by atoms with van der Waals surface area (Å²) in [6.07, 6.45) is 2.43. The van der Waals surface area contributed by atoms with E-state index in [4.69, 9.17) is 9.47 Å². The van der Waals surface area contributed by atoms with Crippen LogP contribution in [-0.2, 0) is 20.9 Å². The Labute approximate surface area is 204 Å². The van der Waals surface area contributed by atoms with E-state index in [1.807, 2.05) is 43.3 Å². The van der Waals surface area contributed by atoms with E-state index in [9.17, 15) is 14.4 Å². The van der Waals surface area contributed by atoms with E-state index < -0.39 is 17.9 Å². The van der Waals surface area contributed by atoms with E-state index in [-0.39, 0.29) is 24.5 Å². The van der Waals surface area contributed by atoms with E-state index in [0.717, 1.165) is 24.1 Å². The number of amides is 1. The third-order valence-electron chi connectivity index (χ3n) is 6.51. The van der Waals surface area contributed by atoms with Crippen LogP contribution < -0.4 is 10.3 Å². The van der Waals surface area contributed by atoms with Gasteiger partial charge >= 0.3 is 5.97 Å². The molecule has 35 heavy (non-hydrogen) atoms. The maximum atomic E-state index is 13.4. The molecule has 8 nitrogen and oxygen atoms in total. The third kappa shape index (κ3) is 5.06. The second kappa shape index (κ2) is 10.7. The first-order chi connectivity index (χ1) is 16.9. The standard InChI is InChI=1S/C27H31N3O5/c1-4-5-15-29-24(31)14-13-21(26(29)20-10-6-7-11-22(20)34-3)27(33)35-17-19-16-25(32)30-18(2)9-8-12-23(30)28-19/h6-12,16,21,26H,4-5,13-15,17H2,1-3H3. The molecule has 1 aromatic carbocycles. The van der Waals surface area contributed by atoms with Crippen molar-refractivity contribution in [3.05, 3.63) is 75.8 Å². The van der Waals surface area contributed by atoms with Crippen LogP contribution in [0.3, 0.4) is 0 Å². The summed E-state index contributed by atoms with van der Waals surface area (Å²) < 4.78 is 12.8. The lowest BCUT2D eigenvalue weighted by molar-refractivity contribution is -0.158. The lowest BCUT2D eigenvalue weighted by Crippen LogP contribution is -2.46. The first kappa shape index (κ1) is 24.4. The lowest BCUT2D eigenvalue weighted by atomic mass is 9.83. The molecule has 0 N–H and O–H groups in total. The number of nitrogens with zero attached hydrogens (tertiary/aromatic N) is 3. The summed E-state index contributed by atoms with van der Waals surface area (Å²) >= 11 is 0. The number of carbonyl (C=O) groups is 2. The van der Waals surface area contributed by atoms with Crippen LogP contribution >= 0.6 is 0 Å². The average molecular weight is 478 g/mol. The van der Waals surface area contributed by atoms with E-state index >= 15 is 0 Å². The van der Waals surface area contributed by atoms with Gasteiger partial charge in [0.1, 0.15) is 18.0 Å². The van der Waals surface area contributed by atoms with E-state index in [1.165, 1.54) is 10.5 Å². The van der Waals surface area contributed by atoms with Crippen molar-refractivity contribution in [2.24, 2.45) is 5.92 Å². The van der Waals surface area contributed by atoms with Gasteiger partial charge in [-0.1, -0.05) is 37.6 Å². The number of ether oxygens (including phenoxy) is 2. The Kier molecular flexibility index (Phi) is 7.48. The fourth-order valence-corrected chi connectivity index (χ4v) is 4.78. The number of fused-ring (bicyclic) bond motifs is 1. The molecular weight excluding hydrogens is 446 g/mol. The van der Waals surface area contributed by atoms with Crippen molar-refractivity contribution >= 4 is 17.5 Å². The minimum absolute atomic E-state index is 0.0259. The number of piperidine rings is 1. The Morgan fingerprint density at radius 3 is 2.71 bits per heavy atom. The Balaban J connectivity index is 1.61. The normalized spacial score (nSPS) is 18.0. The van der Waals surface area contributed by atoms with Crippen LogP contribution in [0.5, 0.6) is 5.75 Å². The number of para-hydroxylation sites is 1. The Hall–Kier alpha value is -3.68. The number of methoxy groups -OCH3 is 1. The monoisotopic (exact) mass is 477 g/mol. The Morgan fingerprint density at radius 1 is 1.14 bits per heavy atom. The van der Waals surface area contributed by atoms with Crippen LogP contribution in [0, 0.1) is 12.8 Å². The van der Waals surface area contributed by atoms with Crippen molar-refractivity contribution in [3.8, 4) is 5.75 Å². The van der Waals surface area contributed by atoms with Crippen molar-refractivity contribution in [1.82, 2.24) is 14.3 Å². The van der Waals surface area contributed by atoms with Crippen LogP contribution in [0.15, 0.2) is 53.3 Å². The van der Waals surface area contributed by atoms with Crippen molar-refractivity contribution in [1.29, 1.82) is 0 Å². The molecule has 0 bridgehead atoms. The lowest BCUT2D eigenvalue weighted by Gasteiger charge is -2.40. The van der Waals surface area contributed by atoms with Crippen LogP contribution in [0.25, 0.3) is 5.65 Å². The molecule has 2 atom stereocenters. The van der Waals surface area contributed by atoms with Gasteiger partial charge in [-0.15, -0.1) is 0 Å². The van der Waals surface area contributed by atoms with Crippen molar-refractivity contribution < 1.29 is 19.1 Å². The highest BCUT2D eigenvalue weighted by Crippen LogP contribution is 2.41. The second-order valence-corrected chi connectivity index (χ2v) is 8.83. The fourth-order valence-electron chi connectivity index (χ4n) is 4.78. The molecule has 1 aliphatic rings. The highest BCUT2D eigenvalue weighted by Gasteiger charge is 2.42. The number of benzene rings is 1. The fraction of sp³-hybridized carbons (Fsp3) is 0.407. The van der Waals surface area contributed by atoms with Gasteiger partial charge in [-0.05, 0) is 38.0 Å². The summed E-state index contributed by atoms with van der Waals surface area (Å²) in [4.78, 5) is 45.1. The molecule has 2 unspecified atom stereocenters. The first-order valence-corrected chi connectivity index (χ1v) is 12.0. The number of carbonyl (C=O) groups excluding carboxylic acids is 2. The van der Waals surface area contributed by atoms with Gasteiger partial charge in [0.25, 0.3) is 5.56 Å². The van der Waals surface area contributed by atoms with Gasteiger partial charge in [-0.3, -0.25) is 18.8 Å².